The van der Waals surface area contributed by atoms with Gasteiger partial charge in [-0.15, -0.1) is 0 Å². The molecule has 6 rings (SSSR count). The summed E-state index contributed by atoms with van der Waals surface area (Å²) in [7, 11) is 0. The molecule has 13 nitrogen and oxygen atoms in total. The fourth-order valence-corrected chi connectivity index (χ4v) is 5.38. The second-order valence-electron chi connectivity index (χ2n) is 9.94. The number of aromatic nitrogens is 4. The molecule has 2 aliphatic rings. The van der Waals surface area contributed by atoms with E-state index >= 15 is 4.39 Å². The van der Waals surface area contributed by atoms with Crippen LogP contribution in [0.25, 0.3) is 22.3 Å². The number of aliphatic carboxylic acids is 1. The number of nitrogen functional groups attached to an aromatic ring is 1. The summed E-state index contributed by atoms with van der Waals surface area (Å²) in [6.45, 7) is 0. The van der Waals surface area contributed by atoms with Gasteiger partial charge in [-0.05, 0) is 28.8 Å². The number of carboxylic acids is 1. The number of carbonyl (C=O) groups is 1. The van der Waals surface area contributed by atoms with Crippen LogP contribution in [0.1, 0.15) is 11.8 Å². The Morgan fingerprint density at radius 2 is 1.93 bits per heavy atom. The van der Waals surface area contributed by atoms with Gasteiger partial charge in [0.15, 0.2) is 35.8 Å². The zero-order valence-electron chi connectivity index (χ0n) is 20.9. The van der Waals surface area contributed by atoms with E-state index in [-0.39, 0.29) is 28.0 Å². The quantitative estimate of drug-likeness (QED) is 0.127. The number of anilines is 1. The Bertz CT molecular complexity index is 1650. The summed E-state index contributed by atoms with van der Waals surface area (Å²) in [5.74, 6) is -1.75. The highest BCUT2D eigenvalue weighted by Gasteiger charge is 2.80. The van der Waals surface area contributed by atoms with Crippen LogP contribution in [0, 0.1) is 0 Å². The van der Waals surface area contributed by atoms with Crippen molar-refractivity contribution in [1.29, 1.82) is 0 Å². The molecule has 1 aliphatic heterocycles. The molecule has 6 atom stereocenters. The van der Waals surface area contributed by atoms with E-state index in [1.807, 2.05) is 0 Å². The number of hydrogen-bond acceptors (Lipinski definition) is 11. The van der Waals surface area contributed by atoms with Crippen molar-refractivity contribution >= 4 is 34.6 Å². The molecule has 1 saturated heterocycles. The van der Waals surface area contributed by atoms with Crippen LogP contribution in [-0.4, -0.2) is 86.9 Å². The van der Waals surface area contributed by atoms with E-state index in [1.54, 1.807) is 30.3 Å². The minimum absolute atomic E-state index is 0.0459. The van der Waals surface area contributed by atoms with Crippen LogP contribution in [0.3, 0.4) is 0 Å². The first kappa shape index (κ1) is 27.3. The third-order valence-corrected chi connectivity index (χ3v) is 7.67. The van der Waals surface area contributed by atoms with Gasteiger partial charge in [0, 0.05) is 12.0 Å². The zero-order chi connectivity index (χ0) is 29.3. The third-order valence-electron chi connectivity index (χ3n) is 7.50. The van der Waals surface area contributed by atoms with Crippen molar-refractivity contribution in [1.82, 2.24) is 19.5 Å². The lowest BCUT2D eigenvalue weighted by molar-refractivity contribution is -0.238. The molecule has 214 valence electrons. The van der Waals surface area contributed by atoms with Gasteiger partial charge in [0.05, 0.1) is 6.33 Å². The summed E-state index contributed by atoms with van der Waals surface area (Å²) in [5, 5.41) is 51.4. The van der Waals surface area contributed by atoms with Crippen molar-refractivity contribution in [3.8, 4) is 16.9 Å². The maximum absolute atomic E-state index is 15.7. The number of nitrogens with zero attached hydrogens (tertiary/aromatic N) is 4. The second-order valence-corrected chi connectivity index (χ2v) is 10.3. The van der Waals surface area contributed by atoms with Gasteiger partial charge in [0.2, 0.25) is 10.9 Å². The Hall–Kier alpha value is -3.92. The molecule has 3 heterocycles. The number of benzene rings is 2. The number of aromatic hydroxyl groups is 1. The minimum Gasteiger partial charge on any atom is -0.507 e. The van der Waals surface area contributed by atoms with Gasteiger partial charge in [-0.2, -0.15) is 9.97 Å². The number of rotatable bonds is 8. The molecule has 2 aromatic heterocycles. The minimum atomic E-state index is -2.68. The molecule has 1 saturated carbocycles. The van der Waals surface area contributed by atoms with Crippen molar-refractivity contribution in [3.63, 3.8) is 0 Å². The predicted octanol–water partition coefficient (Wildman–Crippen LogP) is 1.18. The molecule has 2 unspecified atom stereocenters. The van der Waals surface area contributed by atoms with Gasteiger partial charge < -0.3 is 40.7 Å². The molecule has 0 amide bonds. The van der Waals surface area contributed by atoms with Crippen LogP contribution in [0.5, 0.6) is 5.75 Å². The number of hydrogen-bond donors (Lipinski definition) is 6. The molecule has 7 N–H and O–H groups in total. The molecule has 1 aliphatic carbocycles. The fraction of sp³-hybridized carbons (Fsp3) is 0.308. The lowest BCUT2D eigenvalue weighted by Crippen LogP contribution is -2.55. The zero-order valence-corrected chi connectivity index (χ0v) is 21.6. The Kier molecular flexibility index (Phi) is 6.37. The van der Waals surface area contributed by atoms with Crippen LogP contribution in [0.15, 0.2) is 54.9 Å². The number of aliphatic hydroxyl groups excluding tert-OH is 1. The van der Waals surface area contributed by atoms with Crippen molar-refractivity contribution in [2.45, 2.75) is 48.5 Å². The maximum Gasteiger partial charge on any atom is 0.341 e. The number of phenolic OH excluding ortho intramolecular Hbond substituents is 1. The first-order valence-corrected chi connectivity index (χ1v) is 12.7. The van der Waals surface area contributed by atoms with Crippen LogP contribution in [-0.2, 0) is 20.7 Å². The number of aliphatic hydroxyl groups is 3. The number of halogens is 2. The maximum atomic E-state index is 15.7. The largest absolute Gasteiger partial charge is 0.507 e. The van der Waals surface area contributed by atoms with Crippen LogP contribution in [0.2, 0.25) is 5.28 Å². The molecule has 2 aromatic carbocycles. The second kappa shape index (κ2) is 9.58. The lowest BCUT2D eigenvalue weighted by Gasteiger charge is -2.33. The van der Waals surface area contributed by atoms with Gasteiger partial charge >= 0.3 is 5.97 Å². The van der Waals surface area contributed by atoms with Crippen molar-refractivity contribution < 1.29 is 44.2 Å². The first-order valence-electron chi connectivity index (χ1n) is 12.3. The number of ether oxygens (including phenoxy) is 2. The number of fused-ring (bicyclic) bond motifs is 2. The third kappa shape index (κ3) is 4.18. The van der Waals surface area contributed by atoms with Crippen LogP contribution >= 0.6 is 11.6 Å². The number of para-hydroxylation sites is 1. The average molecular weight is 588 g/mol. The summed E-state index contributed by atoms with van der Waals surface area (Å²) in [4.78, 5) is 24.2. The summed E-state index contributed by atoms with van der Waals surface area (Å²) in [6, 6.07) is 12.9. The molecule has 2 fully saturated rings. The SMILES string of the molecule is Nc1nc(Cl)nc2c1ncn2[C@@H]1O[C@@H]2C(OC(Cc3ccc(-c4ccccc4O)cc3)(C(=O)O)C(O)O)[C@]2(O)[C@@H]1F. The van der Waals surface area contributed by atoms with Crippen molar-refractivity contribution in [3.05, 3.63) is 65.7 Å². The molecule has 41 heavy (non-hydrogen) atoms. The van der Waals surface area contributed by atoms with Crippen LogP contribution in [0.4, 0.5) is 10.2 Å². The number of carboxylic acid groups (broad SMARTS) is 1. The van der Waals surface area contributed by atoms with Crippen molar-refractivity contribution in [2.75, 3.05) is 5.73 Å². The average Bonchev–Trinajstić information content (AvgIpc) is 3.17. The molecular weight excluding hydrogens is 565 g/mol. The molecular formula is C26H23ClFN5O8. The molecule has 0 radical (unpaired) electrons. The Morgan fingerprint density at radius 1 is 1.22 bits per heavy atom. The molecule has 4 aromatic rings. The molecule has 0 bridgehead atoms. The van der Waals surface area contributed by atoms with E-state index in [2.05, 4.69) is 15.0 Å². The number of phenols is 1. The smallest absolute Gasteiger partial charge is 0.341 e. The lowest BCUT2D eigenvalue weighted by atomic mass is 9.92. The highest BCUT2D eigenvalue weighted by atomic mass is 35.5. The van der Waals surface area contributed by atoms with E-state index < -0.39 is 54.5 Å². The van der Waals surface area contributed by atoms with Crippen molar-refractivity contribution in [2.24, 2.45) is 0 Å². The van der Waals surface area contributed by atoms with Gasteiger partial charge in [-0.25, -0.2) is 14.2 Å². The standard InChI is InChI=1S/C26H23ClFN5O8/c27-24-31-19(29)15-20(32-24)33(10-30-15)21-16(28)26(39)17(40-21)18(26)41-25(22(35)36,23(37)38)9-11-5-7-12(8-6-11)13-3-1-2-4-14(13)34/h1-8,10,16-18,21-22,34-36,39H,9H2,(H,37,38)(H2,29,31,32)/t16-,17-,18?,21-,25?,26+/m1/s1. The fourth-order valence-electron chi connectivity index (χ4n) is 5.21. The van der Waals surface area contributed by atoms with Gasteiger partial charge in [-0.1, -0.05) is 42.5 Å². The van der Waals surface area contributed by atoms with Gasteiger partial charge in [0.1, 0.15) is 23.5 Å². The summed E-state index contributed by atoms with van der Waals surface area (Å²) in [6.07, 6.45) is -8.44. The number of nitrogens with two attached hydrogens (primary N) is 1. The van der Waals surface area contributed by atoms with E-state index in [0.717, 1.165) is 0 Å². The Labute approximate surface area is 235 Å². The molecule has 15 heteroatoms. The predicted molar refractivity (Wildman–Crippen MR) is 139 cm³/mol. The number of imidazole rings is 1. The topological polar surface area (TPSA) is 206 Å². The first-order chi connectivity index (χ1) is 19.5. The molecule has 0 spiro atoms. The van der Waals surface area contributed by atoms with E-state index in [1.165, 1.54) is 29.1 Å². The van der Waals surface area contributed by atoms with E-state index in [4.69, 9.17) is 26.8 Å². The highest BCUT2D eigenvalue weighted by molar-refractivity contribution is 6.28. The monoisotopic (exact) mass is 587 g/mol. The van der Waals surface area contributed by atoms with Crippen LogP contribution < -0.4 is 5.73 Å². The Morgan fingerprint density at radius 3 is 2.54 bits per heavy atom. The highest BCUT2D eigenvalue weighted by Crippen LogP contribution is 2.58. The van der Waals surface area contributed by atoms with Gasteiger partial charge in [-0.3, -0.25) is 4.57 Å². The number of alkyl halides is 1. The van der Waals surface area contributed by atoms with E-state index in [9.17, 15) is 30.3 Å². The normalized spacial score (nSPS) is 26.7. The summed E-state index contributed by atoms with van der Waals surface area (Å²) >= 11 is 5.87. The summed E-state index contributed by atoms with van der Waals surface area (Å²) in [5.41, 5.74) is 2.47. The summed E-state index contributed by atoms with van der Waals surface area (Å²) < 4.78 is 28.1. The van der Waals surface area contributed by atoms with Gasteiger partial charge in [0.25, 0.3) is 0 Å². The Balaban J connectivity index is 1.24. The van der Waals surface area contributed by atoms with E-state index in [0.29, 0.717) is 16.7 Å².